The lowest BCUT2D eigenvalue weighted by atomic mass is 9.79. The summed E-state index contributed by atoms with van der Waals surface area (Å²) in [4.78, 5) is 0. The van der Waals surface area contributed by atoms with Crippen molar-refractivity contribution < 1.29 is 0 Å². The summed E-state index contributed by atoms with van der Waals surface area (Å²) in [6.07, 6.45) is 0. The predicted molar refractivity (Wildman–Crippen MR) is 58.1 cm³/mol. The first-order chi connectivity index (χ1) is 6.48. The zero-order valence-corrected chi connectivity index (χ0v) is 9.05. The molecule has 1 aromatic rings. The molecule has 2 nitrogen and oxygen atoms in total. The summed E-state index contributed by atoms with van der Waals surface area (Å²) in [6, 6.07) is 8.97. The van der Waals surface area contributed by atoms with Gasteiger partial charge < -0.3 is 5.73 Å². The van der Waals surface area contributed by atoms with Crippen LogP contribution in [-0.2, 0) is 5.41 Å². The molecular formula is C11H13ClN2. The largest absolute Gasteiger partial charge is 0.315 e. The fourth-order valence-corrected chi connectivity index (χ4v) is 1.35. The van der Waals surface area contributed by atoms with Crippen molar-refractivity contribution in [1.82, 2.24) is 0 Å². The highest BCUT2D eigenvalue weighted by Crippen LogP contribution is 2.26. The first kappa shape index (κ1) is 11.0. The van der Waals surface area contributed by atoms with Crippen LogP contribution in [0, 0.1) is 11.3 Å². The molecule has 0 saturated heterocycles. The van der Waals surface area contributed by atoms with Crippen LogP contribution in [0.2, 0.25) is 5.02 Å². The van der Waals surface area contributed by atoms with Crippen molar-refractivity contribution >= 4 is 11.6 Å². The van der Waals surface area contributed by atoms with Gasteiger partial charge in [0, 0.05) is 10.4 Å². The van der Waals surface area contributed by atoms with Gasteiger partial charge in [-0.1, -0.05) is 37.6 Å². The lowest BCUT2D eigenvalue weighted by Gasteiger charge is -2.27. The summed E-state index contributed by atoms with van der Waals surface area (Å²) in [7, 11) is 0. The summed E-state index contributed by atoms with van der Waals surface area (Å²) in [5, 5.41) is 9.48. The average Bonchev–Trinajstić information content (AvgIpc) is 2.17. The van der Waals surface area contributed by atoms with Gasteiger partial charge in [-0.3, -0.25) is 0 Å². The maximum absolute atomic E-state index is 8.79. The molecule has 1 rings (SSSR count). The Kier molecular flexibility index (Phi) is 3.15. The highest BCUT2D eigenvalue weighted by Gasteiger charge is 2.28. The monoisotopic (exact) mass is 208 g/mol. The molecule has 0 aromatic heterocycles. The van der Waals surface area contributed by atoms with Crippen LogP contribution in [0.25, 0.3) is 0 Å². The molecule has 0 radical (unpaired) electrons. The smallest absolute Gasteiger partial charge is 0.102 e. The van der Waals surface area contributed by atoms with Gasteiger partial charge in [-0.2, -0.15) is 5.26 Å². The molecule has 0 fully saturated rings. The highest BCUT2D eigenvalue weighted by molar-refractivity contribution is 6.30. The van der Waals surface area contributed by atoms with Crippen molar-refractivity contribution in [2.24, 2.45) is 5.73 Å². The van der Waals surface area contributed by atoms with Crippen molar-refractivity contribution in [3.63, 3.8) is 0 Å². The normalized spacial score (nSPS) is 13.4. The zero-order valence-electron chi connectivity index (χ0n) is 8.29. The van der Waals surface area contributed by atoms with E-state index >= 15 is 0 Å². The molecule has 0 spiro atoms. The van der Waals surface area contributed by atoms with E-state index in [4.69, 9.17) is 22.6 Å². The Labute approximate surface area is 89.3 Å². The zero-order chi connectivity index (χ0) is 10.8. The molecule has 2 N–H and O–H groups in total. The van der Waals surface area contributed by atoms with Crippen molar-refractivity contribution in [3.05, 3.63) is 34.9 Å². The quantitative estimate of drug-likeness (QED) is 0.812. The minimum atomic E-state index is -0.510. The van der Waals surface area contributed by atoms with Crippen LogP contribution in [0.3, 0.4) is 0 Å². The molecule has 0 heterocycles. The number of hydrogen-bond acceptors (Lipinski definition) is 2. The topological polar surface area (TPSA) is 49.8 Å². The number of rotatable bonds is 2. The molecule has 0 aliphatic rings. The molecule has 0 aliphatic heterocycles. The fraction of sp³-hybridized carbons (Fsp3) is 0.364. The van der Waals surface area contributed by atoms with Crippen LogP contribution in [0.15, 0.2) is 24.3 Å². The van der Waals surface area contributed by atoms with E-state index in [9.17, 15) is 0 Å². The number of nitriles is 1. The Morgan fingerprint density at radius 1 is 1.36 bits per heavy atom. The lowest BCUT2D eigenvalue weighted by molar-refractivity contribution is 0.473. The molecule has 1 aromatic carbocycles. The SMILES string of the molecule is CC(C)(c1ccc(Cl)cc1)C(N)C#N. The van der Waals surface area contributed by atoms with Gasteiger partial charge in [0.15, 0.2) is 0 Å². The molecule has 1 unspecified atom stereocenters. The number of nitrogens with zero attached hydrogens (tertiary/aromatic N) is 1. The molecule has 0 bridgehead atoms. The van der Waals surface area contributed by atoms with Crippen molar-refractivity contribution in [2.75, 3.05) is 0 Å². The van der Waals surface area contributed by atoms with Crippen LogP contribution in [-0.4, -0.2) is 6.04 Å². The van der Waals surface area contributed by atoms with Crippen LogP contribution in [0.5, 0.6) is 0 Å². The molecule has 74 valence electrons. The molecule has 0 amide bonds. The third-order valence-electron chi connectivity index (χ3n) is 2.50. The van der Waals surface area contributed by atoms with Crippen molar-refractivity contribution in [3.8, 4) is 6.07 Å². The van der Waals surface area contributed by atoms with Gasteiger partial charge in [-0.05, 0) is 17.7 Å². The van der Waals surface area contributed by atoms with E-state index in [-0.39, 0.29) is 5.41 Å². The number of nitrogens with two attached hydrogens (primary N) is 1. The summed E-state index contributed by atoms with van der Waals surface area (Å²) in [6.45, 7) is 3.90. The molecule has 0 saturated carbocycles. The Morgan fingerprint density at radius 3 is 2.29 bits per heavy atom. The van der Waals surface area contributed by atoms with E-state index in [1.807, 2.05) is 38.1 Å². The van der Waals surface area contributed by atoms with Crippen molar-refractivity contribution in [2.45, 2.75) is 25.3 Å². The maximum Gasteiger partial charge on any atom is 0.102 e. The Hall–Kier alpha value is -1.04. The van der Waals surface area contributed by atoms with Crippen LogP contribution >= 0.6 is 11.6 Å². The highest BCUT2D eigenvalue weighted by atomic mass is 35.5. The molecule has 14 heavy (non-hydrogen) atoms. The lowest BCUT2D eigenvalue weighted by Crippen LogP contribution is -2.39. The average molecular weight is 209 g/mol. The molecule has 1 atom stereocenters. The molecule has 0 aliphatic carbocycles. The third kappa shape index (κ3) is 2.06. The van der Waals surface area contributed by atoms with E-state index in [1.165, 1.54) is 0 Å². The van der Waals surface area contributed by atoms with Gasteiger partial charge in [0.25, 0.3) is 0 Å². The maximum atomic E-state index is 8.79. The van der Waals surface area contributed by atoms with Crippen LogP contribution in [0.1, 0.15) is 19.4 Å². The minimum Gasteiger partial charge on any atom is -0.315 e. The Morgan fingerprint density at radius 2 is 1.86 bits per heavy atom. The first-order valence-corrected chi connectivity index (χ1v) is 4.77. The molecule has 3 heteroatoms. The Balaban J connectivity index is 3.05. The van der Waals surface area contributed by atoms with E-state index in [1.54, 1.807) is 0 Å². The van der Waals surface area contributed by atoms with Crippen molar-refractivity contribution in [1.29, 1.82) is 5.26 Å². The standard InChI is InChI=1S/C11H13ClN2/c1-11(2,10(14)7-13)8-3-5-9(12)6-4-8/h3-6,10H,14H2,1-2H3. The second kappa shape index (κ2) is 4.00. The number of benzene rings is 1. The summed E-state index contributed by atoms with van der Waals surface area (Å²) in [5.74, 6) is 0. The first-order valence-electron chi connectivity index (χ1n) is 4.39. The Bertz CT molecular complexity index is 349. The van der Waals surface area contributed by atoms with E-state index in [0.717, 1.165) is 5.56 Å². The van der Waals surface area contributed by atoms with Crippen LogP contribution in [0.4, 0.5) is 0 Å². The molecular weight excluding hydrogens is 196 g/mol. The van der Waals surface area contributed by atoms with Gasteiger partial charge in [0.2, 0.25) is 0 Å². The number of halogens is 1. The van der Waals surface area contributed by atoms with Gasteiger partial charge in [-0.15, -0.1) is 0 Å². The van der Waals surface area contributed by atoms with E-state index in [2.05, 4.69) is 6.07 Å². The second-order valence-corrected chi connectivity index (χ2v) is 4.27. The minimum absolute atomic E-state index is 0.348. The van der Waals surface area contributed by atoms with Gasteiger partial charge in [0.05, 0.1) is 6.07 Å². The van der Waals surface area contributed by atoms with Gasteiger partial charge in [0.1, 0.15) is 6.04 Å². The summed E-state index contributed by atoms with van der Waals surface area (Å²) < 4.78 is 0. The second-order valence-electron chi connectivity index (χ2n) is 3.84. The number of hydrogen-bond donors (Lipinski definition) is 1. The van der Waals surface area contributed by atoms with Crippen LogP contribution < -0.4 is 5.73 Å². The van der Waals surface area contributed by atoms with E-state index in [0.29, 0.717) is 5.02 Å². The fourth-order valence-electron chi connectivity index (χ4n) is 1.22. The van der Waals surface area contributed by atoms with E-state index < -0.39 is 6.04 Å². The van der Waals surface area contributed by atoms with Gasteiger partial charge >= 0.3 is 0 Å². The summed E-state index contributed by atoms with van der Waals surface area (Å²) in [5.41, 5.74) is 6.40. The summed E-state index contributed by atoms with van der Waals surface area (Å²) >= 11 is 5.78. The predicted octanol–water partition coefficient (Wildman–Crippen LogP) is 2.47. The third-order valence-corrected chi connectivity index (χ3v) is 2.76. The van der Waals surface area contributed by atoms with Gasteiger partial charge in [-0.25, -0.2) is 0 Å².